The lowest BCUT2D eigenvalue weighted by Crippen LogP contribution is -2.49. The van der Waals surface area contributed by atoms with Gasteiger partial charge in [0, 0.05) is 37.7 Å². The van der Waals surface area contributed by atoms with E-state index in [0.29, 0.717) is 18.1 Å². The molecule has 6 nitrogen and oxygen atoms in total. The summed E-state index contributed by atoms with van der Waals surface area (Å²) in [6.07, 6.45) is 0. The first-order valence-electron chi connectivity index (χ1n) is 8.93. The fourth-order valence-electron chi connectivity index (χ4n) is 3.05. The Labute approximate surface area is 183 Å². The van der Waals surface area contributed by atoms with Gasteiger partial charge in [-0.1, -0.05) is 46.9 Å². The molecule has 0 atom stereocenters. The normalized spacial score (nSPS) is 14.7. The molecule has 3 rings (SSSR count). The number of carbonyl (C=O) groups excluding carboxylic acids is 1. The van der Waals surface area contributed by atoms with Crippen molar-refractivity contribution in [2.75, 3.05) is 32.8 Å². The zero-order valence-corrected chi connectivity index (χ0v) is 17.7. The third-order valence-corrected chi connectivity index (χ3v) is 5.44. The fraction of sp³-hybridized carbons (Fsp3) is 0.300. The highest BCUT2D eigenvalue weighted by atomic mass is 35.5. The summed E-state index contributed by atoms with van der Waals surface area (Å²) < 4.78 is 5.48. The lowest BCUT2D eigenvalue weighted by Gasteiger charge is -2.34. The van der Waals surface area contributed by atoms with Crippen molar-refractivity contribution < 1.29 is 19.4 Å². The summed E-state index contributed by atoms with van der Waals surface area (Å²) in [7, 11) is 0. The number of carboxylic acids is 1. The largest absolute Gasteiger partial charge is 0.481 e. The van der Waals surface area contributed by atoms with E-state index in [9.17, 15) is 9.59 Å². The Balaban J connectivity index is 1.50. The summed E-state index contributed by atoms with van der Waals surface area (Å²) in [5.74, 6) is -1.22. The molecular weight excluding hydrogens is 439 g/mol. The van der Waals surface area contributed by atoms with Crippen LogP contribution in [0.2, 0.25) is 15.1 Å². The van der Waals surface area contributed by atoms with E-state index in [1.807, 2.05) is 24.3 Å². The number of hydrogen-bond acceptors (Lipinski definition) is 4. The van der Waals surface area contributed by atoms with Crippen LogP contribution in [0.3, 0.4) is 0 Å². The molecule has 0 bridgehead atoms. The number of carboxylic acid groups (broad SMARTS) is 1. The molecule has 1 heterocycles. The first kappa shape index (κ1) is 21.7. The van der Waals surface area contributed by atoms with Gasteiger partial charge in [0.25, 0.3) is 5.91 Å². The van der Waals surface area contributed by atoms with Gasteiger partial charge in [-0.3, -0.25) is 9.69 Å². The highest BCUT2D eigenvalue weighted by molar-refractivity contribution is 6.37. The van der Waals surface area contributed by atoms with Gasteiger partial charge in [-0.15, -0.1) is 0 Å². The zero-order valence-electron chi connectivity index (χ0n) is 15.4. The molecular formula is C20H19Cl3N2O4. The van der Waals surface area contributed by atoms with Gasteiger partial charge in [0.15, 0.2) is 12.4 Å². The Morgan fingerprint density at radius 1 is 0.966 bits per heavy atom. The molecule has 2 aromatic carbocycles. The number of carbonyl (C=O) groups is 2. The van der Waals surface area contributed by atoms with E-state index in [1.165, 1.54) is 17.7 Å². The zero-order chi connectivity index (χ0) is 21.0. The van der Waals surface area contributed by atoms with Crippen molar-refractivity contribution in [3.63, 3.8) is 0 Å². The molecule has 0 radical (unpaired) electrons. The van der Waals surface area contributed by atoms with E-state index in [4.69, 9.17) is 44.6 Å². The van der Waals surface area contributed by atoms with Gasteiger partial charge in [-0.05, 0) is 29.8 Å². The Morgan fingerprint density at radius 2 is 1.55 bits per heavy atom. The van der Waals surface area contributed by atoms with Gasteiger partial charge in [0.2, 0.25) is 0 Å². The number of halogens is 3. The van der Waals surface area contributed by atoms with Crippen molar-refractivity contribution in [1.29, 1.82) is 0 Å². The molecule has 0 aliphatic carbocycles. The van der Waals surface area contributed by atoms with Crippen LogP contribution in [0.4, 0.5) is 0 Å². The molecule has 1 aliphatic rings. The van der Waals surface area contributed by atoms with Crippen LogP contribution in [0.5, 0.6) is 5.75 Å². The number of hydrogen-bond donors (Lipinski definition) is 1. The van der Waals surface area contributed by atoms with Crippen LogP contribution >= 0.6 is 34.8 Å². The van der Waals surface area contributed by atoms with Gasteiger partial charge in [0.1, 0.15) is 0 Å². The minimum atomic E-state index is -1.15. The molecule has 1 saturated heterocycles. The van der Waals surface area contributed by atoms with E-state index < -0.39 is 5.97 Å². The van der Waals surface area contributed by atoms with Crippen LogP contribution in [0.15, 0.2) is 36.4 Å². The number of aromatic carboxylic acids is 1. The van der Waals surface area contributed by atoms with E-state index in [-0.39, 0.29) is 33.9 Å². The van der Waals surface area contributed by atoms with Gasteiger partial charge in [-0.25, -0.2) is 4.79 Å². The van der Waals surface area contributed by atoms with Crippen molar-refractivity contribution in [2.24, 2.45) is 0 Å². The van der Waals surface area contributed by atoms with Crippen molar-refractivity contribution in [3.8, 4) is 5.75 Å². The third-order valence-electron chi connectivity index (χ3n) is 4.63. The topological polar surface area (TPSA) is 70.1 Å². The average Bonchev–Trinajstić information content (AvgIpc) is 2.69. The Hall–Kier alpha value is -1.99. The third kappa shape index (κ3) is 5.76. The molecule has 29 heavy (non-hydrogen) atoms. The molecule has 9 heteroatoms. The highest BCUT2D eigenvalue weighted by Gasteiger charge is 2.22. The number of nitrogens with zero attached hydrogens (tertiary/aromatic N) is 2. The van der Waals surface area contributed by atoms with Crippen LogP contribution in [-0.2, 0) is 11.3 Å². The molecule has 0 unspecified atom stereocenters. The molecule has 1 amide bonds. The summed E-state index contributed by atoms with van der Waals surface area (Å²) in [5, 5.41) is 9.82. The summed E-state index contributed by atoms with van der Waals surface area (Å²) >= 11 is 18.0. The number of benzene rings is 2. The average molecular weight is 458 g/mol. The number of rotatable bonds is 6. The standard InChI is InChI=1S/C20H19Cl3N2O4/c21-15-3-1-13(2-4-15)11-24-5-7-25(8-6-24)18(26)12-29-19-16(22)9-14(20(27)28)10-17(19)23/h1-4,9-10H,5-8,11-12H2,(H,27,28). The van der Waals surface area contributed by atoms with Crippen LogP contribution in [-0.4, -0.2) is 59.6 Å². The minimum absolute atomic E-state index is 0.0458. The minimum Gasteiger partial charge on any atom is -0.481 e. The SMILES string of the molecule is O=C(O)c1cc(Cl)c(OCC(=O)N2CCN(Cc3ccc(Cl)cc3)CC2)c(Cl)c1. The molecule has 0 aromatic heterocycles. The Morgan fingerprint density at radius 3 is 2.10 bits per heavy atom. The van der Waals surface area contributed by atoms with E-state index in [0.717, 1.165) is 19.6 Å². The molecule has 1 aliphatic heterocycles. The van der Waals surface area contributed by atoms with Gasteiger partial charge in [-0.2, -0.15) is 0 Å². The maximum Gasteiger partial charge on any atom is 0.335 e. The first-order valence-corrected chi connectivity index (χ1v) is 10.1. The van der Waals surface area contributed by atoms with Gasteiger partial charge in [0.05, 0.1) is 15.6 Å². The number of piperazine rings is 1. The van der Waals surface area contributed by atoms with Gasteiger partial charge >= 0.3 is 5.97 Å². The van der Waals surface area contributed by atoms with Crippen LogP contribution in [0, 0.1) is 0 Å². The smallest absolute Gasteiger partial charge is 0.335 e. The van der Waals surface area contributed by atoms with Crippen molar-refractivity contribution in [2.45, 2.75) is 6.54 Å². The molecule has 0 saturated carbocycles. The predicted molar refractivity (Wildman–Crippen MR) is 112 cm³/mol. The quantitative estimate of drug-likeness (QED) is 0.708. The lowest BCUT2D eigenvalue weighted by atomic mass is 10.2. The Kier molecular flexibility index (Phi) is 7.24. The summed E-state index contributed by atoms with van der Waals surface area (Å²) in [6.45, 7) is 3.27. The monoisotopic (exact) mass is 456 g/mol. The summed E-state index contributed by atoms with van der Waals surface area (Å²) in [5.41, 5.74) is 1.13. The molecule has 0 spiro atoms. The second-order valence-corrected chi connectivity index (χ2v) is 7.90. The number of amides is 1. The molecule has 1 fully saturated rings. The second kappa shape index (κ2) is 9.67. The maximum atomic E-state index is 12.5. The van der Waals surface area contributed by atoms with Crippen molar-refractivity contribution >= 4 is 46.7 Å². The predicted octanol–water partition coefficient (Wildman–Crippen LogP) is 4.07. The Bertz CT molecular complexity index is 874. The second-order valence-electron chi connectivity index (χ2n) is 6.65. The molecule has 1 N–H and O–H groups in total. The van der Waals surface area contributed by atoms with Gasteiger partial charge < -0.3 is 14.7 Å². The van der Waals surface area contributed by atoms with E-state index >= 15 is 0 Å². The molecule has 154 valence electrons. The first-order chi connectivity index (χ1) is 13.8. The highest BCUT2D eigenvalue weighted by Crippen LogP contribution is 2.34. The van der Waals surface area contributed by atoms with E-state index in [1.54, 1.807) is 4.90 Å². The van der Waals surface area contributed by atoms with Crippen LogP contribution in [0.1, 0.15) is 15.9 Å². The number of ether oxygens (including phenoxy) is 1. The lowest BCUT2D eigenvalue weighted by molar-refractivity contribution is -0.135. The molecule has 2 aromatic rings. The summed E-state index contributed by atoms with van der Waals surface area (Å²) in [4.78, 5) is 27.5. The van der Waals surface area contributed by atoms with Crippen molar-refractivity contribution in [1.82, 2.24) is 9.80 Å². The summed E-state index contributed by atoms with van der Waals surface area (Å²) in [6, 6.07) is 10.2. The fourth-order valence-corrected chi connectivity index (χ4v) is 3.77. The maximum absolute atomic E-state index is 12.5. The van der Waals surface area contributed by atoms with Crippen LogP contribution in [0.25, 0.3) is 0 Å². The van der Waals surface area contributed by atoms with Crippen molar-refractivity contribution in [3.05, 3.63) is 62.6 Å². The van der Waals surface area contributed by atoms with Crippen LogP contribution < -0.4 is 4.74 Å². The van der Waals surface area contributed by atoms with E-state index in [2.05, 4.69) is 4.90 Å².